The molecule has 1 saturated heterocycles. The van der Waals surface area contributed by atoms with E-state index >= 15 is 0 Å². The largest absolute Gasteiger partial charge is 0.445 e. The molecule has 1 aliphatic heterocycles. The van der Waals surface area contributed by atoms with Crippen LogP contribution in [0.3, 0.4) is 0 Å². The maximum absolute atomic E-state index is 13.0. The highest BCUT2D eigenvalue weighted by Crippen LogP contribution is 2.34. The number of non-ortho nitro benzene ring substituents is 1. The van der Waals surface area contributed by atoms with Crippen molar-refractivity contribution in [2.75, 3.05) is 6.54 Å². The number of nitro benzene ring substituents is 1. The molecule has 1 fully saturated rings. The van der Waals surface area contributed by atoms with Crippen molar-refractivity contribution >= 4 is 17.9 Å². The highest BCUT2D eigenvalue weighted by atomic mass is 16.7. The molecule has 1 aliphatic rings. The lowest BCUT2D eigenvalue weighted by Gasteiger charge is -2.25. The standard InChI is InChI=1S/C30H30N4O8/c1-2-7-26(31-29(35)41-20-21-11-17-25(18-12-21)33(37)38)22-13-15-23(16-14-22)27-10-6-19-32(27)30(36)42-28(34(39)40)24-8-4-3-5-9-24/h2-5,8-9,11-18,26-28H,1,6-7,10,19-20H2,(H,31,35). The highest BCUT2D eigenvalue weighted by molar-refractivity contribution is 5.69. The van der Waals surface area contributed by atoms with Crippen LogP contribution < -0.4 is 5.32 Å². The van der Waals surface area contributed by atoms with Crippen molar-refractivity contribution in [1.29, 1.82) is 0 Å². The third-order valence-corrected chi connectivity index (χ3v) is 6.91. The van der Waals surface area contributed by atoms with Crippen LogP contribution in [0.25, 0.3) is 0 Å². The van der Waals surface area contributed by atoms with Gasteiger partial charge in [-0.15, -0.1) is 6.58 Å². The Kier molecular flexibility index (Phi) is 9.82. The van der Waals surface area contributed by atoms with Gasteiger partial charge < -0.3 is 19.7 Å². The van der Waals surface area contributed by atoms with Crippen LogP contribution in [0.2, 0.25) is 0 Å². The molecule has 42 heavy (non-hydrogen) atoms. The van der Waals surface area contributed by atoms with Crippen molar-refractivity contribution < 1.29 is 28.9 Å². The molecule has 218 valence electrons. The number of benzene rings is 3. The van der Waals surface area contributed by atoms with Crippen molar-refractivity contribution in [1.82, 2.24) is 10.2 Å². The fourth-order valence-corrected chi connectivity index (χ4v) is 4.79. The fraction of sp³-hybridized carbons (Fsp3) is 0.267. The summed E-state index contributed by atoms with van der Waals surface area (Å²) in [5.74, 6) is 0. The topological polar surface area (TPSA) is 154 Å². The van der Waals surface area contributed by atoms with E-state index < -0.39 is 34.3 Å². The van der Waals surface area contributed by atoms with Gasteiger partial charge in [0.15, 0.2) is 0 Å². The zero-order chi connectivity index (χ0) is 30.1. The molecule has 4 rings (SSSR count). The summed E-state index contributed by atoms with van der Waals surface area (Å²) in [6, 6.07) is 20.5. The highest BCUT2D eigenvalue weighted by Gasteiger charge is 2.36. The fourth-order valence-electron chi connectivity index (χ4n) is 4.79. The van der Waals surface area contributed by atoms with Gasteiger partial charge in [0.25, 0.3) is 5.69 Å². The predicted molar refractivity (Wildman–Crippen MR) is 152 cm³/mol. The van der Waals surface area contributed by atoms with Gasteiger partial charge in [0.05, 0.1) is 27.5 Å². The van der Waals surface area contributed by atoms with E-state index in [2.05, 4.69) is 11.9 Å². The van der Waals surface area contributed by atoms with Crippen LogP contribution in [0.4, 0.5) is 15.3 Å². The molecule has 12 nitrogen and oxygen atoms in total. The molecule has 2 amide bonds. The first-order valence-electron chi connectivity index (χ1n) is 13.3. The monoisotopic (exact) mass is 574 g/mol. The first kappa shape index (κ1) is 29.7. The summed E-state index contributed by atoms with van der Waals surface area (Å²) >= 11 is 0. The summed E-state index contributed by atoms with van der Waals surface area (Å²) in [5.41, 5.74) is 2.46. The molecule has 12 heteroatoms. The Morgan fingerprint density at radius 1 is 1.00 bits per heavy atom. The van der Waals surface area contributed by atoms with Crippen LogP contribution in [0, 0.1) is 20.2 Å². The third kappa shape index (κ3) is 7.47. The van der Waals surface area contributed by atoms with E-state index in [0.29, 0.717) is 24.9 Å². The van der Waals surface area contributed by atoms with Gasteiger partial charge in [-0.05, 0) is 60.2 Å². The Morgan fingerprint density at radius 2 is 1.69 bits per heavy atom. The zero-order valence-electron chi connectivity index (χ0n) is 22.7. The second-order valence-corrected chi connectivity index (χ2v) is 9.67. The second-order valence-electron chi connectivity index (χ2n) is 9.67. The number of carbonyl (C=O) groups excluding carboxylic acids is 2. The smallest absolute Gasteiger partial charge is 0.415 e. The SMILES string of the molecule is C=CCC(NC(=O)OCc1ccc([N+](=O)[O-])cc1)c1ccc(C2CCCN2C(=O)OC(c2ccccc2)[N+](=O)[O-])cc1. The molecule has 0 aromatic heterocycles. The maximum atomic E-state index is 13.0. The summed E-state index contributed by atoms with van der Waals surface area (Å²) in [6.07, 6.45) is 0.469. The molecule has 0 saturated carbocycles. The van der Waals surface area contributed by atoms with Gasteiger partial charge in [0, 0.05) is 18.7 Å². The van der Waals surface area contributed by atoms with E-state index in [1.165, 1.54) is 29.2 Å². The number of rotatable bonds is 11. The Balaban J connectivity index is 1.38. The normalized spacial score (nSPS) is 15.7. The second kappa shape index (κ2) is 13.9. The van der Waals surface area contributed by atoms with Crippen LogP contribution >= 0.6 is 0 Å². The minimum absolute atomic E-state index is 0.0525. The van der Waals surface area contributed by atoms with Gasteiger partial charge >= 0.3 is 18.4 Å². The van der Waals surface area contributed by atoms with Gasteiger partial charge in [-0.2, -0.15) is 0 Å². The minimum atomic E-state index is -1.60. The Labute approximate surface area is 241 Å². The number of nitro groups is 2. The zero-order valence-corrected chi connectivity index (χ0v) is 22.7. The van der Waals surface area contributed by atoms with Gasteiger partial charge in [-0.1, -0.05) is 48.5 Å². The summed E-state index contributed by atoms with van der Waals surface area (Å²) in [5, 5.41) is 25.2. The number of hydrogen-bond donors (Lipinski definition) is 1. The van der Waals surface area contributed by atoms with Gasteiger partial charge in [0.1, 0.15) is 6.61 Å². The molecule has 3 aromatic carbocycles. The summed E-state index contributed by atoms with van der Waals surface area (Å²) in [4.78, 5) is 48.3. The van der Waals surface area contributed by atoms with Crippen LogP contribution in [0.15, 0.2) is 91.5 Å². The van der Waals surface area contributed by atoms with Gasteiger partial charge in [-0.25, -0.2) is 9.59 Å². The lowest BCUT2D eigenvalue weighted by molar-refractivity contribution is -0.575. The van der Waals surface area contributed by atoms with Crippen LogP contribution in [0.1, 0.15) is 59.8 Å². The summed E-state index contributed by atoms with van der Waals surface area (Å²) in [6.45, 7) is 4.12. The molecular weight excluding hydrogens is 544 g/mol. The summed E-state index contributed by atoms with van der Waals surface area (Å²) in [7, 11) is 0. The molecule has 3 aromatic rings. The Hall–Kier alpha value is -5.26. The van der Waals surface area contributed by atoms with E-state index in [1.807, 2.05) is 24.3 Å². The minimum Gasteiger partial charge on any atom is -0.445 e. The summed E-state index contributed by atoms with van der Waals surface area (Å²) < 4.78 is 10.6. The molecule has 1 N–H and O–H groups in total. The van der Waals surface area contributed by atoms with Crippen LogP contribution in [-0.4, -0.2) is 33.5 Å². The van der Waals surface area contributed by atoms with Crippen molar-refractivity contribution in [2.24, 2.45) is 0 Å². The maximum Gasteiger partial charge on any atom is 0.415 e. The van der Waals surface area contributed by atoms with E-state index in [-0.39, 0.29) is 23.9 Å². The number of nitrogens with one attached hydrogen (secondary N) is 1. The quantitative estimate of drug-likeness (QED) is 0.120. The molecule has 0 spiro atoms. The van der Waals surface area contributed by atoms with E-state index in [4.69, 9.17) is 9.47 Å². The molecule has 0 bridgehead atoms. The number of amides is 2. The number of nitrogens with zero attached hydrogens (tertiary/aromatic N) is 3. The molecule has 0 radical (unpaired) electrons. The number of ether oxygens (including phenoxy) is 2. The Morgan fingerprint density at radius 3 is 2.31 bits per heavy atom. The lowest BCUT2D eigenvalue weighted by atomic mass is 9.98. The van der Waals surface area contributed by atoms with E-state index in [9.17, 15) is 29.8 Å². The lowest BCUT2D eigenvalue weighted by Crippen LogP contribution is -2.33. The molecule has 3 atom stereocenters. The van der Waals surface area contributed by atoms with Crippen molar-refractivity contribution in [3.63, 3.8) is 0 Å². The molecule has 1 heterocycles. The molecule has 3 unspecified atom stereocenters. The van der Waals surface area contributed by atoms with Crippen molar-refractivity contribution in [3.05, 3.63) is 134 Å². The first-order chi connectivity index (χ1) is 20.3. The predicted octanol–water partition coefficient (Wildman–Crippen LogP) is 6.39. The average Bonchev–Trinajstić information content (AvgIpc) is 3.49. The number of carbonyl (C=O) groups is 2. The van der Waals surface area contributed by atoms with Gasteiger partial charge in [0.2, 0.25) is 0 Å². The van der Waals surface area contributed by atoms with Crippen LogP contribution in [-0.2, 0) is 16.1 Å². The first-order valence-corrected chi connectivity index (χ1v) is 13.3. The Bertz CT molecular complexity index is 1410. The van der Waals surface area contributed by atoms with Gasteiger partial charge in [-0.3, -0.25) is 20.2 Å². The van der Waals surface area contributed by atoms with E-state index in [0.717, 1.165) is 17.5 Å². The average molecular weight is 575 g/mol. The third-order valence-electron chi connectivity index (χ3n) is 6.91. The van der Waals surface area contributed by atoms with Crippen molar-refractivity contribution in [3.8, 4) is 0 Å². The number of hydrogen-bond acceptors (Lipinski definition) is 8. The number of likely N-dealkylation sites (tertiary alicyclic amines) is 1. The molecular formula is C30H30N4O8. The number of alkyl carbamates (subject to hydrolysis) is 1. The van der Waals surface area contributed by atoms with Crippen molar-refractivity contribution in [2.45, 2.75) is 44.2 Å². The van der Waals surface area contributed by atoms with Crippen LogP contribution in [0.5, 0.6) is 0 Å². The molecule has 0 aliphatic carbocycles. The van der Waals surface area contributed by atoms with E-state index in [1.54, 1.807) is 36.4 Å².